The quantitative estimate of drug-likeness (QED) is 0.877. The standard InChI is InChI=1S/C14H19N3/c1-10-4-6-12(7-5-10)8-14(15)13-9-16-17(3)11(13)2/h4-7,9,14H,8,15H2,1-3H3. The van der Waals surface area contributed by atoms with Crippen molar-refractivity contribution in [3.05, 3.63) is 52.8 Å². The third-order valence-corrected chi connectivity index (χ3v) is 3.25. The number of nitrogens with two attached hydrogens (primary N) is 1. The highest BCUT2D eigenvalue weighted by Gasteiger charge is 2.12. The normalized spacial score (nSPS) is 12.7. The van der Waals surface area contributed by atoms with Crippen molar-refractivity contribution < 1.29 is 0 Å². The molecular formula is C14H19N3. The number of nitrogens with zero attached hydrogens (tertiary/aromatic N) is 2. The number of aromatic nitrogens is 2. The summed E-state index contributed by atoms with van der Waals surface area (Å²) in [7, 11) is 1.94. The second kappa shape index (κ2) is 4.72. The Morgan fingerprint density at radius 3 is 2.41 bits per heavy atom. The van der Waals surface area contributed by atoms with Gasteiger partial charge in [0.25, 0.3) is 0 Å². The lowest BCUT2D eigenvalue weighted by atomic mass is 10.00. The first kappa shape index (κ1) is 11.9. The van der Waals surface area contributed by atoms with Crippen LogP contribution >= 0.6 is 0 Å². The van der Waals surface area contributed by atoms with Crippen molar-refractivity contribution in [1.29, 1.82) is 0 Å². The van der Waals surface area contributed by atoms with Gasteiger partial charge in [-0.1, -0.05) is 29.8 Å². The highest BCUT2D eigenvalue weighted by atomic mass is 15.3. The zero-order chi connectivity index (χ0) is 12.4. The summed E-state index contributed by atoms with van der Waals surface area (Å²) in [6.07, 6.45) is 2.72. The first-order valence-corrected chi connectivity index (χ1v) is 5.87. The molecule has 2 aromatic rings. The van der Waals surface area contributed by atoms with E-state index in [1.807, 2.05) is 17.9 Å². The molecule has 17 heavy (non-hydrogen) atoms. The summed E-state index contributed by atoms with van der Waals surface area (Å²) in [4.78, 5) is 0. The van der Waals surface area contributed by atoms with E-state index in [2.05, 4.69) is 43.2 Å². The van der Waals surface area contributed by atoms with Gasteiger partial charge in [-0.2, -0.15) is 5.10 Å². The van der Waals surface area contributed by atoms with Crippen molar-refractivity contribution in [3.8, 4) is 0 Å². The van der Waals surface area contributed by atoms with Crippen molar-refractivity contribution in [1.82, 2.24) is 9.78 Å². The molecular weight excluding hydrogens is 210 g/mol. The predicted octanol–water partition coefficient (Wildman–Crippen LogP) is 2.28. The maximum Gasteiger partial charge on any atom is 0.0540 e. The smallest absolute Gasteiger partial charge is 0.0540 e. The zero-order valence-electron chi connectivity index (χ0n) is 10.6. The van der Waals surface area contributed by atoms with Crippen LogP contribution in [0.1, 0.15) is 28.4 Å². The number of hydrogen-bond acceptors (Lipinski definition) is 2. The van der Waals surface area contributed by atoms with E-state index in [1.165, 1.54) is 11.1 Å². The minimum absolute atomic E-state index is 0.0198. The molecule has 3 nitrogen and oxygen atoms in total. The molecule has 0 aliphatic carbocycles. The van der Waals surface area contributed by atoms with Gasteiger partial charge in [0.05, 0.1) is 6.20 Å². The van der Waals surface area contributed by atoms with Crippen molar-refractivity contribution in [3.63, 3.8) is 0 Å². The summed E-state index contributed by atoms with van der Waals surface area (Å²) in [5.74, 6) is 0. The Kier molecular flexibility index (Phi) is 3.29. The summed E-state index contributed by atoms with van der Waals surface area (Å²) in [5.41, 5.74) is 11.0. The molecule has 0 fully saturated rings. The minimum Gasteiger partial charge on any atom is -0.324 e. The Labute approximate surface area is 102 Å². The minimum atomic E-state index is 0.0198. The Bertz CT molecular complexity index is 497. The molecule has 3 heteroatoms. The van der Waals surface area contributed by atoms with E-state index in [1.54, 1.807) is 0 Å². The summed E-state index contributed by atoms with van der Waals surface area (Å²) < 4.78 is 1.87. The number of aryl methyl sites for hydroxylation is 2. The van der Waals surface area contributed by atoms with Crippen LogP contribution in [0.2, 0.25) is 0 Å². The van der Waals surface area contributed by atoms with Gasteiger partial charge in [-0.3, -0.25) is 4.68 Å². The molecule has 0 bridgehead atoms. The fourth-order valence-corrected chi connectivity index (χ4v) is 1.97. The molecule has 0 saturated carbocycles. The largest absolute Gasteiger partial charge is 0.324 e. The lowest BCUT2D eigenvalue weighted by molar-refractivity contribution is 0.700. The van der Waals surface area contributed by atoms with Crippen LogP contribution in [0.3, 0.4) is 0 Å². The van der Waals surface area contributed by atoms with Crippen LogP contribution in [0.5, 0.6) is 0 Å². The van der Waals surface area contributed by atoms with Gasteiger partial charge in [-0.05, 0) is 25.8 Å². The molecule has 0 saturated heterocycles. The van der Waals surface area contributed by atoms with Crippen LogP contribution in [0.4, 0.5) is 0 Å². The highest BCUT2D eigenvalue weighted by Crippen LogP contribution is 2.19. The predicted molar refractivity (Wildman–Crippen MR) is 69.8 cm³/mol. The van der Waals surface area contributed by atoms with E-state index < -0.39 is 0 Å². The molecule has 0 amide bonds. The van der Waals surface area contributed by atoms with Crippen molar-refractivity contribution in [2.75, 3.05) is 0 Å². The van der Waals surface area contributed by atoms with Crippen molar-refractivity contribution in [2.45, 2.75) is 26.3 Å². The fourth-order valence-electron chi connectivity index (χ4n) is 1.97. The molecule has 1 heterocycles. The van der Waals surface area contributed by atoms with Gasteiger partial charge in [0, 0.05) is 24.3 Å². The molecule has 2 N–H and O–H groups in total. The van der Waals surface area contributed by atoms with E-state index in [4.69, 9.17) is 5.73 Å². The fraction of sp³-hybridized carbons (Fsp3) is 0.357. The van der Waals surface area contributed by atoms with Crippen molar-refractivity contribution >= 4 is 0 Å². The summed E-state index contributed by atoms with van der Waals surface area (Å²) in [6.45, 7) is 4.15. The summed E-state index contributed by atoms with van der Waals surface area (Å²) in [5, 5.41) is 4.23. The topological polar surface area (TPSA) is 43.8 Å². The van der Waals surface area contributed by atoms with Gasteiger partial charge in [0.15, 0.2) is 0 Å². The SMILES string of the molecule is Cc1ccc(CC(N)c2cnn(C)c2C)cc1. The molecule has 0 radical (unpaired) electrons. The van der Waals surface area contributed by atoms with E-state index in [-0.39, 0.29) is 6.04 Å². The number of hydrogen-bond donors (Lipinski definition) is 1. The van der Waals surface area contributed by atoms with Crippen LogP contribution in [0, 0.1) is 13.8 Å². The third kappa shape index (κ3) is 2.56. The van der Waals surface area contributed by atoms with Crippen molar-refractivity contribution in [2.24, 2.45) is 12.8 Å². The Balaban J connectivity index is 2.14. The van der Waals surface area contributed by atoms with E-state index >= 15 is 0 Å². The first-order chi connectivity index (χ1) is 8.08. The Morgan fingerprint density at radius 1 is 1.24 bits per heavy atom. The van der Waals surface area contributed by atoms with Crippen LogP contribution in [-0.4, -0.2) is 9.78 Å². The molecule has 1 aromatic carbocycles. The van der Waals surface area contributed by atoms with Crippen LogP contribution in [0.25, 0.3) is 0 Å². The molecule has 0 spiro atoms. The van der Waals surface area contributed by atoms with Gasteiger partial charge < -0.3 is 5.73 Å². The molecule has 1 unspecified atom stereocenters. The van der Waals surface area contributed by atoms with Gasteiger partial charge in [-0.25, -0.2) is 0 Å². The summed E-state index contributed by atoms with van der Waals surface area (Å²) >= 11 is 0. The van der Waals surface area contributed by atoms with Gasteiger partial charge in [-0.15, -0.1) is 0 Å². The number of rotatable bonds is 3. The van der Waals surface area contributed by atoms with E-state index in [9.17, 15) is 0 Å². The number of benzene rings is 1. The molecule has 90 valence electrons. The maximum atomic E-state index is 6.23. The maximum absolute atomic E-state index is 6.23. The first-order valence-electron chi connectivity index (χ1n) is 5.87. The second-order valence-electron chi connectivity index (χ2n) is 4.61. The monoisotopic (exact) mass is 229 g/mol. The average molecular weight is 229 g/mol. The van der Waals surface area contributed by atoms with E-state index in [0.717, 1.165) is 17.7 Å². The molecule has 1 aromatic heterocycles. The van der Waals surface area contributed by atoms with E-state index in [0.29, 0.717) is 0 Å². The third-order valence-electron chi connectivity index (χ3n) is 3.25. The highest BCUT2D eigenvalue weighted by molar-refractivity contribution is 5.26. The lowest BCUT2D eigenvalue weighted by Gasteiger charge is -2.11. The molecule has 0 aliphatic rings. The summed E-state index contributed by atoms with van der Waals surface area (Å²) in [6, 6.07) is 8.55. The molecule has 0 aliphatic heterocycles. The van der Waals surface area contributed by atoms with Crippen LogP contribution < -0.4 is 5.73 Å². The Hall–Kier alpha value is -1.61. The molecule has 2 rings (SSSR count). The average Bonchev–Trinajstić information content (AvgIpc) is 2.63. The van der Waals surface area contributed by atoms with Crippen LogP contribution in [-0.2, 0) is 13.5 Å². The zero-order valence-corrected chi connectivity index (χ0v) is 10.6. The van der Waals surface area contributed by atoms with Gasteiger partial charge in [0.2, 0.25) is 0 Å². The van der Waals surface area contributed by atoms with Crippen LogP contribution in [0.15, 0.2) is 30.5 Å². The lowest BCUT2D eigenvalue weighted by Crippen LogP contribution is -2.14. The van der Waals surface area contributed by atoms with Gasteiger partial charge in [0.1, 0.15) is 0 Å². The van der Waals surface area contributed by atoms with Gasteiger partial charge >= 0.3 is 0 Å². The molecule has 1 atom stereocenters. The second-order valence-corrected chi connectivity index (χ2v) is 4.61. The Morgan fingerprint density at radius 2 is 1.88 bits per heavy atom.